The lowest BCUT2D eigenvalue weighted by Gasteiger charge is -2.03. The molecule has 0 radical (unpaired) electrons. The van der Waals surface area contributed by atoms with E-state index in [9.17, 15) is 5.11 Å². The molecule has 13 heavy (non-hydrogen) atoms. The van der Waals surface area contributed by atoms with Crippen molar-refractivity contribution in [3.63, 3.8) is 0 Å². The van der Waals surface area contributed by atoms with Crippen LogP contribution in [0.25, 0.3) is 11.0 Å². The summed E-state index contributed by atoms with van der Waals surface area (Å²) in [5, 5.41) is 10.4. The van der Waals surface area contributed by atoms with Crippen LogP contribution < -0.4 is 0 Å². The summed E-state index contributed by atoms with van der Waals surface area (Å²) in [6.45, 7) is 1.64. The maximum absolute atomic E-state index is 9.29. The van der Waals surface area contributed by atoms with Gasteiger partial charge in [-0.3, -0.25) is 0 Å². The van der Waals surface area contributed by atoms with Crippen LogP contribution in [0, 0.1) is 0 Å². The standard InChI is InChI=1S/C9H8ClNO2/c1-5(12)7-4-6-2-3-13-8(6)9(10)11-7/h2-5,12H,1H3/t5-/m0/s1. The number of fused-ring (bicyclic) bond motifs is 1. The Labute approximate surface area is 80.0 Å². The Morgan fingerprint density at radius 2 is 2.38 bits per heavy atom. The lowest BCUT2D eigenvalue weighted by Crippen LogP contribution is -1.95. The number of aliphatic hydroxyl groups excluding tert-OH is 1. The van der Waals surface area contributed by atoms with Gasteiger partial charge in [0, 0.05) is 5.39 Å². The normalized spacial score (nSPS) is 13.5. The van der Waals surface area contributed by atoms with Crippen LogP contribution in [-0.2, 0) is 0 Å². The summed E-state index contributed by atoms with van der Waals surface area (Å²) < 4.78 is 5.11. The van der Waals surface area contributed by atoms with Crippen molar-refractivity contribution in [1.29, 1.82) is 0 Å². The Hall–Kier alpha value is -1.06. The third-order valence-electron chi connectivity index (χ3n) is 1.84. The minimum atomic E-state index is -0.614. The minimum Gasteiger partial charge on any atom is -0.461 e. The molecule has 0 aliphatic carbocycles. The van der Waals surface area contributed by atoms with Gasteiger partial charge in [-0.05, 0) is 19.1 Å². The zero-order chi connectivity index (χ0) is 9.42. The van der Waals surface area contributed by atoms with E-state index in [0.29, 0.717) is 16.4 Å². The van der Waals surface area contributed by atoms with Crippen molar-refractivity contribution in [2.75, 3.05) is 0 Å². The number of halogens is 1. The topological polar surface area (TPSA) is 46.3 Å². The lowest BCUT2D eigenvalue weighted by atomic mass is 10.2. The summed E-state index contributed by atoms with van der Waals surface area (Å²) in [6.07, 6.45) is 0.932. The molecule has 3 nitrogen and oxygen atoms in total. The minimum absolute atomic E-state index is 0.290. The molecular weight excluding hydrogens is 190 g/mol. The van der Waals surface area contributed by atoms with Crippen LogP contribution in [0.3, 0.4) is 0 Å². The summed E-state index contributed by atoms with van der Waals surface area (Å²) >= 11 is 5.83. The van der Waals surface area contributed by atoms with Crippen LogP contribution in [0.15, 0.2) is 22.8 Å². The second kappa shape index (κ2) is 3.01. The molecule has 0 saturated carbocycles. The Balaban J connectivity index is 2.70. The average Bonchev–Trinajstić information content (AvgIpc) is 2.51. The third-order valence-corrected chi connectivity index (χ3v) is 2.10. The second-order valence-corrected chi connectivity index (χ2v) is 3.21. The van der Waals surface area contributed by atoms with Crippen molar-refractivity contribution in [3.05, 3.63) is 29.2 Å². The predicted octanol–water partition coefficient (Wildman–Crippen LogP) is 2.53. The van der Waals surface area contributed by atoms with E-state index in [0.717, 1.165) is 5.39 Å². The number of hydrogen-bond donors (Lipinski definition) is 1. The SMILES string of the molecule is C[C@H](O)c1cc2ccoc2c(Cl)n1. The summed E-state index contributed by atoms with van der Waals surface area (Å²) in [6, 6.07) is 3.55. The monoisotopic (exact) mass is 197 g/mol. The van der Waals surface area contributed by atoms with E-state index < -0.39 is 6.10 Å². The number of rotatable bonds is 1. The van der Waals surface area contributed by atoms with Crippen LogP contribution >= 0.6 is 11.6 Å². The first-order chi connectivity index (χ1) is 6.18. The van der Waals surface area contributed by atoms with Gasteiger partial charge in [0.2, 0.25) is 0 Å². The molecule has 2 aromatic rings. The molecule has 0 unspecified atom stereocenters. The zero-order valence-corrected chi connectivity index (χ0v) is 7.75. The molecule has 0 aromatic carbocycles. The van der Waals surface area contributed by atoms with Crippen molar-refractivity contribution in [2.24, 2.45) is 0 Å². The number of aliphatic hydroxyl groups is 1. The highest BCUT2D eigenvalue weighted by molar-refractivity contribution is 6.33. The van der Waals surface area contributed by atoms with Gasteiger partial charge < -0.3 is 9.52 Å². The van der Waals surface area contributed by atoms with Crippen LogP contribution in [0.4, 0.5) is 0 Å². The van der Waals surface area contributed by atoms with E-state index in [1.165, 1.54) is 0 Å². The van der Waals surface area contributed by atoms with Crippen molar-refractivity contribution in [2.45, 2.75) is 13.0 Å². The molecule has 0 bridgehead atoms. The molecule has 1 N–H and O–H groups in total. The van der Waals surface area contributed by atoms with Crippen LogP contribution in [0.5, 0.6) is 0 Å². The fraction of sp³-hybridized carbons (Fsp3) is 0.222. The Bertz CT molecular complexity index is 436. The molecule has 68 valence electrons. The zero-order valence-electron chi connectivity index (χ0n) is 6.99. The summed E-state index contributed by atoms with van der Waals surface area (Å²) in [5.74, 6) is 0. The smallest absolute Gasteiger partial charge is 0.172 e. The van der Waals surface area contributed by atoms with E-state index in [4.69, 9.17) is 16.0 Å². The van der Waals surface area contributed by atoms with Crippen LogP contribution in [0.2, 0.25) is 5.15 Å². The van der Waals surface area contributed by atoms with Crippen molar-refractivity contribution in [3.8, 4) is 0 Å². The largest absolute Gasteiger partial charge is 0.461 e. The van der Waals surface area contributed by atoms with Gasteiger partial charge in [-0.25, -0.2) is 4.98 Å². The van der Waals surface area contributed by atoms with Crippen molar-refractivity contribution >= 4 is 22.6 Å². The highest BCUT2D eigenvalue weighted by Crippen LogP contribution is 2.25. The van der Waals surface area contributed by atoms with Crippen LogP contribution in [0.1, 0.15) is 18.7 Å². The molecule has 0 saturated heterocycles. The van der Waals surface area contributed by atoms with Gasteiger partial charge in [0.05, 0.1) is 18.1 Å². The highest BCUT2D eigenvalue weighted by Gasteiger charge is 2.09. The summed E-state index contributed by atoms with van der Waals surface area (Å²) in [5.41, 5.74) is 1.12. The number of pyridine rings is 1. The summed E-state index contributed by atoms with van der Waals surface area (Å²) in [7, 11) is 0. The molecular formula is C9H8ClNO2. The van der Waals surface area contributed by atoms with E-state index in [1.54, 1.807) is 25.3 Å². The van der Waals surface area contributed by atoms with E-state index in [2.05, 4.69) is 4.98 Å². The van der Waals surface area contributed by atoms with E-state index >= 15 is 0 Å². The van der Waals surface area contributed by atoms with Gasteiger partial charge in [0.25, 0.3) is 0 Å². The van der Waals surface area contributed by atoms with Gasteiger partial charge >= 0.3 is 0 Å². The first-order valence-electron chi connectivity index (χ1n) is 3.90. The maximum Gasteiger partial charge on any atom is 0.172 e. The van der Waals surface area contributed by atoms with Gasteiger partial charge in [-0.2, -0.15) is 0 Å². The van der Waals surface area contributed by atoms with Gasteiger partial charge in [0.15, 0.2) is 10.7 Å². The highest BCUT2D eigenvalue weighted by atomic mass is 35.5. The van der Waals surface area contributed by atoms with Crippen LogP contribution in [-0.4, -0.2) is 10.1 Å². The molecule has 0 aliphatic rings. The van der Waals surface area contributed by atoms with Gasteiger partial charge in [0.1, 0.15) is 0 Å². The van der Waals surface area contributed by atoms with E-state index in [1.807, 2.05) is 0 Å². The fourth-order valence-corrected chi connectivity index (χ4v) is 1.42. The molecule has 0 amide bonds. The first kappa shape index (κ1) is 8.53. The Kier molecular flexibility index (Phi) is 1.98. The molecule has 2 aromatic heterocycles. The number of furan rings is 1. The molecule has 2 heterocycles. The Morgan fingerprint density at radius 3 is 3.08 bits per heavy atom. The predicted molar refractivity (Wildman–Crippen MR) is 49.7 cm³/mol. The maximum atomic E-state index is 9.29. The number of hydrogen-bond acceptors (Lipinski definition) is 3. The third kappa shape index (κ3) is 1.41. The van der Waals surface area contributed by atoms with Gasteiger partial charge in [-0.15, -0.1) is 0 Å². The summed E-state index contributed by atoms with van der Waals surface area (Å²) in [4.78, 5) is 3.99. The molecule has 0 aliphatic heterocycles. The molecule has 2 rings (SSSR count). The number of aromatic nitrogens is 1. The quantitative estimate of drug-likeness (QED) is 0.715. The molecule has 4 heteroatoms. The second-order valence-electron chi connectivity index (χ2n) is 2.85. The fourth-order valence-electron chi connectivity index (χ4n) is 1.17. The molecule has 0 fully saturated rings. The Morgan fingerprint density at radius 1 is 1.62 bits per heavy atom. The number of nitrogens with zero attached hydrogens (tertiary/aromatic N) is 1. The first-order valence-corrected chi connectivity index (χ1v) is 4.28. The lowest BCUT2D eigenvalue weighted by molar-refractivity contribution is 0.194. The molecule has 0 spiro atoms. The average molecular weight is 198 g/mol. The van der Waals surface area contributed by atoms with Crippen molar-refractivity contribution < 1.29 is 9.52 Å². The van der Waals surface area contributed by atoms with E-state index in [-0.39, 0.29) is 0 Å². The molecule has 1 atom stereocenters. The van der Waals surface area contributed by atoms with Crippen molar-refractivity contribution in [1.82, 2.24) is 4.98 Å². The van der Waals surface area contributed by atoms with Gasteiger partial charge in [-0.1, -0.05) is 11.6 Å².